The summed E-state index contributed by atoms with van der Waals surface area (Å²) in [7, 11) is -3.76. The van der Waals surface area contributed by atoms with Gasteiger partial charge >= 0.3 is 0 Å². The lowest BCUT2D eigenvalue weighted by atomic mass is 10.0. The van der Waals surface area contributed by atoms with Gasteiger partial charge < -0.3 is 18.9 Å². The number of benzene rings is 2. The topological polar surface area (TPSA) is 111 Å². The van der Waals surface area contributed by atoms with Crippen LogP contribution in [0.3, 0.4) is 0 Å². The lowest BCUT2D eigenvalue weighted by Gasteiger charge is -2.33. The number of fused-ring (bicyclic) bond motifs is 2. The van der Waals surface area contributed by atoms with E-state index in [0.29, 0.717) is 49.5 Å². The Morgan fingerprint density at radius 1 is 1.09 bits per heavy atom. The summed E-state index contributed by atoms with van der Waals surface area (Å²) in [6.45, 7) is 1.59. The summed E-state index contributed by atoms with van der Waals surface area (Å²) in [4.78, 5) is 14.5. The van der Waals surface area contributed by atoms with Gasteiger partial charge in [-0.3, -0.25) is 9.52 Å². The van der Waals surface area contributed by atoms with Gasteiger partial charge in [-0.2, -0.15) is 0 Å². The molecule has 2 saturated carbocycles. The second-order valence-corrected chi connectivity index (χ2v) is 15.2. The van der Waals surface area contributed by atoms with Gasteiger partial charge in [0.05, 0.1) is 34.2 Å². The molecule has 2 bridgehead atoms. The van der Waals surface area contributed by atoms with Crippen LogP contribution in [0.15, 0.2) is 40.9 Å². The van der Waals surface area contributed by atoms with E-state index in [1.165, 1.54) is 12.1 Å². The number of carbonyl (C=O) groups excluding carboxylic acids is 1. The second-order valence-electron chi connectivity index (χ2n) is 12.8. The van der Waals surface area contributed by atoms with Crippen molar-refractivity contribution in [1.29, 1.82) is 0 Å². The molecule has 3 heterocycles. The molecule has 4 fully saturated rings. The van der Waals surface area contributed by atoms with Crippen molar-refractivity contribution in [2.75, 3.05) is 24.7 Å². The van der Waals surface area contributed by atoms with Crippen LogP contribution in [0.4, 0.5) is 14.5 Å². The van der Waals surface area contributed by atoms with Crippen molar-refractivity contribution in [3.8, 4) is 11.3 Å². The van der Waals surface area contributed by atoms with Gasteiger partial charge in [0.1, 0.15) is 23.1 Å². The third kappa shape index (κ3) is 6.41. The summed E-state index contributed by atoms with van der Waals surface area (Å²) < 4.78 is 74.6. The highest BCUT2D eigenvalue weighted by Gasteiger charge is 2.46. The molecule has 7 rings (SSSR count). The number of piperidine rings is 1. The minimum absolute atomic E-state index is 0.0367. The first-order chi connectivity index (χ1) is 22.2. The van der Waals surface area contributed by atoms with Crippen molar-refractivity contribution < 1.29 is 36.0 Å². The van der Waals surface area contributed by atoms with Crippen LogP contribution in [0.25, 0.3) is 11.3 Å². The van der Waals surface area contributed by atoms with Gasteiger partial charge in [0.25, 0.3) is 0 Å². The monoisotopic (exact) mass is 675 g/mol. The number of rotatable bonds is 11. The quantitative estimate of drug-likeness (QED) is 0.268. The van der Waals surface area contributed by atoms with Crippen LogP contribution in [-0.4, -0.2) is 56.6 Å². The zero-order chi connectivity index (χ0) is 32.0. The van der Waals surface area contributed by atoms with Gasteiger partial charge in [0, 0.05) is 49.6 Å². The van der Waals surface area contributed by atoms with Crippen molar-refractivity contribution in [1.82, 2.24) is 9.88 Å². The highest BCUT2D eigenvalue weighted by atomic mass is 35.5. The molecule has 0 spiro atoms. The van der Waals surface area contributed by atoms with Gasteiger partial charge in [-0.15, -0.1) is 0 Å². The number of hydrogen-bond donors (Lipinski definition) is 1. The molecule has 2 aromatic carbocycles. The molecule has 1 N–H and O–H groups in total. The summed E-state index contributed by atoms with van der Waals surface area (Å²) in [5.74, 6) is -0.239. The van der Waals surface area contributed by atoms with E-state index in [9.17, 15) is 17.6 Å². The molecule has 2 aliphatic carbocycles. The van der Waals surface area contributed by atoms with Crippen molar-refractivity contribution in [3.63, 3.8) is 0 Å². The van der Waals surface area contributed by atoms with E-state index in [4.69, 9.17) is 25.6 Å². The van der Waals surface area contributed by atoms with Gasteiger partial charge in [-0.05, 0) is 74.8 Å². The lowest BCUT2D eigenvalue weighted by molar-refractivity contribution is -0.119. The van der Waals surface area contributed by atoms with Crippen LogP contribution in [0.5, 0.6) is 0 Å². The molecule has 3 aromatic rings. The third-order valence-corrected chi connectivity index (χ3v) is 11.9. The summed E-state index contributed by atoms with van der Waals surface area (Å²) in [6, 6.07) is 9.61. The van der Waals surface area contributed by atoms with Crippen molar-refractivity contribution in [3.05, 3.63) is 69.9 Å². The summed E-state index contributed by atoms with van der Waals surface area (Å²) in [5.41, 5.74) is 2.47. The van der Waals surface area contributed by atoms with Crippen molar-refractivity contribution in [2.45, 2.75) is 81.3 Å². The number of aryl methyl sites for hydroxylation is 1. The number of anilines is 1. The molecule has 1 aromatic heterocycles. The second kappa shape index (κ2) is 12.9. The summed E-state index contributed by atoms with van der Waals surface area (Å²) >= 11 is 6.36. The molecular formula is C33H36ClF2N3O6S. The largest absolute Gasteiger partial charge is 0.381 e. The van der Waals surface area contributed by atoms with Gasteiger partial charge in [0.2, 0.25) is 15.9 Å². The first-order valence-electron chi connectivity index (χ1n) is 15.9. The maximum Gasteiger partial charge on any atom is 0.237 e. The number of carbonyl (C=O) groups is 1. The molecule has 2 aliphatic heterocycles. The standard InChI is InChI=1S/C33H36ClF2N3O6S/c34-25-2-1-3-26(35)31(25)32-24(33(45-37-32)20-6-7-20)18-44-29-16-22-15-21(29)17-39(22)28-8-4-19(14-27(28)36)5-9-30(40)38-46(41,42)23-10-12-43-13-11-23/h1-4,8,14,20-23,29H,5-7,9-13,15-18H2,(H,38,40)/t21-,22-,29+/m0/s1. The van der Waals surface area contributed by atoms with Crippen LogP contribution in [0.2, 0.25) is 5.02 Å². The number of nitrogens with one attached hydrogen (secondary N) is 1. The molecular weight excluding hydrogens is 640 g/mol. The number of sulfonamides is 1. The van der Waals surface area contributed by atoms with Crippen molar-refractivity contribution >= 4 is 33.2 Å². The Labute approximate surface area is 271 Å². The van der Waals surface area contributed by atoms with Gasteiger partial charge in [-0.1, -0.05) is 28.9 Å². The summed E-state index contributed by atoms with van der Waals surface area (Å²) in [5, 5.41) is 3.83. The molecule has 2 saturated heterocycles. The normalized spacial score (nSPS) is 23.3. The predicted molar refractivity (Wildman–Crippen MR) is 167 cm³/mol. The van der Waals surface area contributed by atoms with Crippen LogP contribution < -0.4 is 9.62 Å². The zero-order valence-corrected chi connectivity index (χ0v) is 26.8. The van der Waals surface area contributed by atoms with E-state index in [1.54, 1.807) is 24.3 Å². The van der Waals surface area contributed by atoms with Crippen molar-refractivity contribution in [2.24, 2.45) is 5.92 Å². The van der Waals surface area contributed by atoms with E-state index in [1.807, 2.05) is 0 Å². The van der Waals surface area contributed by atoms with Crippen LogP contribution in [0, 0.1) is 17.6 Å². The summed E-state index contributed by atoms with van der Waals surface area (Å²) in [6.07, 6.45) is 4.42. The fourth-order valence-electron chi connectivity index (χ4n) is 7.12. The van der Waals surface area contributed by atoms with Gasteiger partial charge in [-0.25, -0.2) is 17.2 Å². The van der Waals surface area contributed by atoms with E-state index in [0.717, 1.165) is 37.0 Å². The Bertz CT molecular complexity index is 1710. The Morgan fingerprint density at radius 3 is 2.59 bits per heavy atom. The molecule has 9 nitrogen and oxygen atoms in total. The fourth-order valence-corrected chi connectivity index (χ4v) is 8.77. The Morgan fingerprint density at radius 2 is 1.89 bits per heavy atom. The Kier molecular flexibility index (Phi) is 8.81. The molecule has 1 amide bonds. The molecule has 246 valence electrons. The highest BCUT2D eigenvalue weighted by Crippen LogP contribution is 2.47. The Balaban J connectivity index is 0.951. The SMILES string of the molecule is O=C(CCc1ccc(N2C[C@@H]3C[C@H]2C[C@H]3OCc2c(-c3c(F)cccc3Cl)noc2C2CC2)c(F)c1)NS(=O)(=O)C1CCOCC1. The van der Waals surface area contributed by atoms with E-state index in [2.05, 4.69) is 14.8 Å². The van der Waals surface area contributed by atoms with Crippen LogP contribution >= 0.6 is 11.6 Å². The van der Waals surface area contributed by atoms with E-state index < -0.39 is 27.0 Å². The van der Waals surface area contributed by atoms with E-state index in [-0.39, 0.29) is 59.8 Å². The molecule has 0 unspecified atom stereocenters. The molecule has 3 atom stereocenters. The third-order valence-electron chi connectivity index (χ3n) is 9.71. The Hall–Kier alpha value is -3.06. The number of halogens is 3. The van der Waals surface area contributed by atoms with Crippen LogP contribution in [-0.2, 0) is 37.3 Å². The first-order valence-corrected chi connectivity index (χ1v) is 17.8. The number of hydrogen-bond acceptors (Lipinski definition) is 8. The first kappa shape index (κ1) is 31.5. The number of ether oxygens (including phenoxy) is 2. The highest BCUT2D eigenvalue weighted by molar-refractivity contribution is 7.90. The number of nitrogens with zero attached hydrogens (tertiary/aromatic N) is 2. The van der Waals surface area contributed by atoms with E-state index >= 15 is 4.39 Å². The fraction of sp³-hybridized carbons (Fsp3) is 0.515. The van der Waals surface area contributed by atoms with Crippen LogP contribution in [0.1, 0.15) is 67.8 Å². The number of amides is 1. The zero-order valence-electron chi connectivity index (χ0n) is 25.2. The minimum Gasteiger partial charge on any atom is -0.381 e. The predicted octanol–water partition coefficient (Wildman–Crippen LogP) is 5.89. The average Bonchev–Trinajstić information content (AvgIpc) is 3.49. The molecule has 0 radical (unpaired) electrons. The smallest absolute Gasteiger partial charge is 0.237 e. The lowest BCUT2D eigenvalue weighted by Crippen LogP contribution is -2.41. The van der Waals surface area contributed by atoms with Gasteiger partial charge in [0.15, 0.2) is 0 Å². The molecule has 46 heavy (non-hydrogen) atoms. The number of aromatic nitrogens is 1. The maximum absolute atomic E-state index is 15.4. The average molecular weight is 676 g/mol. The molecule has 13 heteroatoms. The molecule has 4 aliphatic rings. The minimum atomic E-state index is -3.76. The maximum atomic E-state index is 15.4.